The molecule has 1 N–H and O–H groups in total. The molecule has 3 nitrogen and oxygen atoms in total. The van der Waals surface area contributed by atoms with Crippen molar-refractivity contribution in [2.45, 2.75) is 39.5 Å². The van der Waals surface area contributed by atoms with E-state index in [1.807, 2.05) is 6.92 Å². The molecule has 0 aliphatic heterocycles. The lowest BCUT2D eigenvalue weighted by Gasteiger charge is -2.05. The molecule has 0 saturated carbocycles. The smallest absolute Gasteiger partial charge is 0.134 e. The Kier molecular flexibility index (Phi) is 5.40. The van der Waals surface area contributed by atoms with Crippen LogP contribution in [0.4, 0.5) is 5.82 Å². The van der Waals surface area contributed by atoms with E-state index in [2.05, 4.69) is 22.2 Å². The van der Waals surface area contributed by atoms with Crippen LogP contribution in [-0.4, -0.2) is 16.5 Å². The van der Waals surface area contributed by atoms with E-state index in [-0.39, 0.29) is 0 Å². The van der Waals surface area contributed by atoms with Gasteiger partial charge in [-0.1, -0.05) is 37.8 Å². The van der Waals surface area contributed by atoms with Crippen molar-refractivity contribution in [2.24, 2.45) is 0 Å². The number of anilines is 1. The SMILES string of the molecule is CCCCCCNc1cc(Cl)nc(C)n1. The molecular weight excluding hydrogens is 210 g/mol. The number of aryl methyl sites for hydroxylation is 1. The second-order valence-corrected chi connectivity index (χ2v) is 4.00. The molecule has 0 aromatic carbocycles. The van der Waals surface area contributed by atoms with Crippen molar-refractivity contribution in [2.75, 3.05) is 11.9 Å². The van der Waals surface area contributed by atoms with Crippen molar-refractivity contribution in [3.8, 4) is 0 Å². The first kappa shape index (κ1) is 12.2. The third kappa shape index (κ3) is 4.98. The third-order valence-electron chi connectivity index (χ3n) is 2.14. The molecule has 1 aromatic heterocycles. The number of unbranched alkanes of at least 4 members (excludes halogenated alkanes) is 3. The third-order valence-corrected chi connectivity index (χ3v) is 2.34. The fraction of sp³-hybridized carbons (Fsp3) is 0.636. The van der Waals surface area contributed by atoms with Crippen molar-refractivity contribution in [3.63, 3.8) is 0 Å². The maximum Gasteiger partial charge on any atom is 0.134 e. The Morgan fingerprint density at radius 3 is 2.73 bits per heavy atom. The average Bonchev–Trinajstić information content (AvgIpc) is 2.16. The van der Waals surface area contributed by atoms with Crippen molar-refractivity contribution < 1.29 is 0 Å². The molecule has 0 radical (unpaired) electrons. The van der Waals surface area contributed by atoms with Crippen LogP contribution in [0.25, 0.3) is 0 Å². The van der Waals surface area contributed by atoms with Gasteiger partial charge in [0.25, 0.3) is 0 Å². The van der Waals surface area contributed by atoms with Crippen LogP contribution in [0.5, 0.6) is 0 Å². The Labute approximate surface area is 96.3 Å². The summed E-state index contributed by atoms with van der Waals surface area (Å²) in [6, 6.07) is 1.76. The number of hydrogen-bond acceptors (Lipinski definition) is 3. The lowest BCUT2D eigenvalue weighted by molar-refractivity contribution is 0.684. The van der Waals surface area contributed by atoms with Crippen molar-refractivity contribution in [1.29, 1.82) is 0 Å². The van der Waals surface area contributed by atoms with E-state index >= 15 is 0 Å². The molecular formula is C11H18ClN3. The van der Waals surface area contributed by atoms with Gasteiger partial charge < -0.3 is 5.32 Å². The predicted molar refractivity (Wildman–Crippen MR) is 64.4 cm³/mol. The van der Waals surface area contributed by atoms with E-state index in [4.69, 9.17) is 11.6 Å². The molecule has 0 bridgehead atoms. The fourth-order valence-electron chi connectivity index (χ4n) is 1.39. The molecule has 1 rings (SSSR count). The number of nitrogens with zero attached hydrogens (tertiary/aromatic N) is 2. The molecule has 4 heteroatoms. The van der Waals surface area contributed by atoms with E-state index in [1.54, 1.807) is 6.07 Å². The van der Waals surface area contributed by atoms with Gasteiger partial charge in [-0.2, -0.15) is 0 Å². The normalized spacial score (nSPS) is 10.3. The summed E-state index contributed by atoms with van der Waals surface area (Å²) in [5.41, 5.74) is 0. The summed E-state index contributed by atoms with van der Waals surface area (Å²) in [5.74, 6) is 1.53. The van der Waals surface area contributed by atoms with E-state index < -0.39 is 0 Å². The zero-order valence-electron chi connectivity index (χ0n) is 9.39. The first-order chi connectivity index (χ1) is 7.22. The zero-order chi connectivity index (χ0) is 11.1. The maximum absolute atomic E-state index is 5.82. The lowest BCUT2D eigenvalue weighted by Crippen LogP contribution is -2.04. The molecule has 1 aromatic rings. The molecule has 0 unspecified atom stereocenters. The highest BCUT2D eigenvalue weighted by molar-refractivity contribution is 6.29. The van der Waals surface area contributed by atoms with Gasteiger partial charge in [-0.05, 0) is 13.3 Å². The van der Waals surface area contributed by atoms with Crippen LogP contribution in [0.2, 0.25) is 5.15 Å². The van der Waals surface area contributed by atoms with Gasteiger partial charge in [-0.3, -0.25) is 0 Å². The molecule has 15 heavy (non-hydrogen) atoms. The summed E-state index contributed by atoms with van der Waals surface area (Å²) in [7, 11) is 0. The monoisotopic (exact) mass is 227 g/mol. The first-order valence-electron chi connectivity index (χ1n) is 5.47. The summed E-state index contributed by atoms with van der Waals surface area (Å²) < 4.78 is 0. The maximum atomic E-state index is 5.82. The van der Waals surface area contributed by atoms with E-state index in [0.717, 1.165) is 12.4 Å². The summed E-state index contributed by atoms with van der Waals surface area (Å²) in [4.78, 5) is 8.25. The summed E-state index contributed by atoms with van der Waals surface area (Å²) in [6.45, 7) is 5.00. The number of halogens is 1. The second-order valence-electron chi connectivity index (χ2n) is 3.61. The second kappa shape index (κ2) is 6.62. The van der Waals surface area contributed by atoms with Crippen LogP contribution >= 0.6 is 11.6 Å². The van der Waals surface area contributed by atoms with E-state index in [0.29, 0.717) is 11.0 Å². The van der Waals surface area contributed by atoms with Gasteiger partial charge >= 0.3 is 0 Å². The lowest BCUT2D eigenvalue weighted by atomic mass is 10.2. The molecule has 0 amide bonds. The number of aromatic nitrogens is 2. The highest BCUT2D eigenvalue weighted by atomic mass is 35.5. The average molecular weight is 228 g/mol. The van der Waals surface area contributed by atoms with Gasteiger partial charge in [0.2, 0.25) is 0 Å². The van der Waals surface area contributed by atoms with Gasteiger partial charge in [0, 0.05) is 12.6 Å². The topological polar surface area (TPSA) is 37.8 Å². The van der Waals surface area contributed by atoms with Crippen molar-refractivity contribution in [3.05, 3.63) is 17.0 Å². The first-order valence-corrected chi connectivity index (χ1v) is 5.85. The van der Waals surface area contributed by atoms with Gasteiger partial charge in [-0.25, -0.2) is 9.97 Å². The molecule has 0 saturated heterocycles. The Hall–Kier alpha value is -0.830. The van der Waals surface area contributed by atoms with Crippen LogP contribution in [0, 0.1) is 6.92 Å². The van der Waals surface area contributed by atoms with Crippen LogP contribution < -0.4 is 5.32 Å². The molecule has 0 spiro atoms. The van der Waals surface area contributed by atoms with Gasteiger partial charge in [-0.15, -0.1) is 0 Å². The Morgan fingerprint density at radius 1 is 1.27 bits per heavy atom. The van der Waals surface area contributed by atoms with Gasteiger partial charge in [0.05, 0.1) is 0 Å². The molecule has 84 valence electrons. The van der Waals surface area contributed by atoms with Crippen LogP contribution in [0.1, 0.15) is 38.4 Å². The minimum absolute atomic E-state index is 0.499. The Balaban J connectivity index is 2.31. The molecule has 0 aliphatic carbocycles. The van der Waals surface area contributed by atoms with Crippen molar-refractivity contribution >= 4 is 17.4 Å². The number of hydrogen-bond donors (Lipinski definition) is 1. The molecule has 0 fully saturated rings. The quantitative estimate of drug-likeness (QED) is 0.598. The zero-order valence-corrected chi connectivity index (χ0v) is 10.1. The highest BCUT2D eigenvalue weighted by Crippen LogP contribution is 2.11. The summed E-state index contributed by atoms with van der Waals surface area (Å²) in [5, 5.41) is 3.75. The molecule has 1 heterocycles. The van der Waals surface area contributed by atoms with E-state index in [1.165, 1.54) is 25.7 Å². The van der Waals surface area contributed by atoms with Crippen LogP contribution in [0.15, 0.2) is 6.07 Å². The van der Waals surface area contributed by atoms with E-state index in [9.17, 15) is 0 Å². The fourth-order valence-corrected chi connectivity index (χ4v) is 1.62. The number of rotatable bonds is 6. The predicted octanol–water partition coefficient (Wildman–Crippen LogP) is 3.43. The van der Waals surface area contributed by atoms with Crippen LogP contribution in [0.3, 0.4) is 0 Å². The highest BCUT2D eigenvalue weighted by Gasteiger charge is 1.98. The van der Waals surface area contributed by atoms with Crippen molar-refractivity contribution in [1.82, 2.24) is 9.97 Å². The number of nitrogens with one attached hydrogen (secondary N) is 1. The minimum Gasteiger partial charge on any atom is -0.370 e. The minimum atomic E-state index is 0.499. The molecule has 0 aliphatic rings. The van der Waals surface area contributed by atoms with Gasteiger partial charge in [0.15, 0.2) is 0 Å². The standard InChI is InChI=1S/C11H18ClN3/c1-3-4-5-6-7-13-11-8-10(12)14-9(2)15-11/h8H,3-7H2,1-2H3,(H,13,14,15). The Morgan fingerprint density at radius 2 is 2.07 bits per heavy atom. The Bertz CT molecular complexity index is 282. The van der Waals surface area contributed by atoms with Gasteiger partial charge in [0.1, 0.15) is 16.8 Å². The largest absolute Gasteiger partial charge is 0.370 e. The summed E-state index contributed by atoms with van der Waals surface area (Å²) in [6.07, 6.45) is 5.00. The summed E-state index contributed by atoms with van der Waals surface area (Å²) >= 11 is 5.82. The molecule has 0 atom stereocenters. The van der Waals surface area contributed by atoms with Crippen LogP contribution in [-0.2, 0) is 0 Å².